The molecule has 1 spiro atoms. The molecule has 0 atom stereocenters. The maximum absolute atomic E-state index is 12.7. The summed E-state index contributed by atoms with van der Waals surface area (Å²) in [6, 6.07) is 14.6. The molecule has 2 aromatic carbocycles. The Labute approximate surface area is 154 Å². The molecule has 0 aliphatic carbocycles. The van der Waals surface area contributed by atoms with Gasteiger partial charge in [-0.1, -0.05) is 30.3 Å². The molecular weight excluding hydrogens is 322 g/mol. The van der Waals surface area contributed by atoms with Gasteiger partial charge in [-0.15, -0.1) is 0 Å². The van der Waals surface area contributed by atoms with Crippen molar-refractivity contribution in [2.24, 2.45) is 4.99 Å². The minimum absolute atomic E-state index is 0.00516. The van der Waals surface area contributed by atoms with Gasteiger partial charge in [-0.05, 0) is 62.4 Å². The van der Waals surface area contributed by atoms with Crippen molar-refractivity contribution in [3.63, 3.8) is 0 Å². The van der Waals surface area contributed by atoms with E-state index in [4.69, 9.17) is 4.99 Å². The zero-order valence-corrected chi connectivity index (χ0v) is 15.7. The van der Waals surface area contributed by atoms with Crippen LogP contribution < -0.4 is 5.32 Å². The summed E-state index contributed by atoms with van der Waals surface area (Å²) in [6.45, 7) is 7.69. The number of benzene rings is 2. The van der Waals surface area contributed by atoms with Crippen molar-refractivity contribution in [1.29, 1.82) is 0 Å². The van der Waals surface area contributed by atoms with E-state index in [2.05, 4.69) is 36.5 Å². The predicted molar refractivity (Wildman–Crippen MR) is 107 cm³/mol. The number of piperidine rings is 1. The molecule has 4 heteroatoms. The van der Waals surface area contributed by atoms with Gasteiger partial charge in [0, 0.05) is 29.9 Å². The normalized spacial score (nSPS) is 17.8. The number of carbonyl (C=O) groups is 1. The molecule has 1 fully saturated rings. The molecule has 26 heavy (non-hydrogen) atoms. The number of para-hydroxylation sites is 1. The smallest absolute Gasteiger partial charge is 0.321 e. The van der Waals surface area contributed by atoms with Gasteiger partial charge in [-0.3, -0.25) is 4.99 Å². The third-order valence-electron chi connectivity index (χ3n) is 5.94. The van der Waals surface area contributed by atoms with E-state index in [1.165, 1.54) is 11.3 Å². The average molecular weight is 347 g/mol. The quantitative estimate of drug-likeness (QED) is 0.777. The van der Waals surface area contributed by atoms with Gasteiger partial charge in [0.1, 0.15) is 0 Å². The van der Waals surface area contributed by atoms with Crippen LogP contribution in [-0.4, -0.2) is 29.7 Å². The Bertz CT molecular complexity index is 892. The number of carbonyl (C=O) groups excluding carboxylic acids is 1. The maximum atomic E-state index is 12.7. The van der Waals surface area contributed by atoms with Crippen LogP contribution in [0.15, 0.2) is 47.5 Å². The first kappa shape index (κ1) is 16.8. The zero-order chi connectivity index (χ0) is 18.3. The average Bonchev–Trinajstić information content (AvgIpc) is 2.91. The molecule has 2 heterocycles. The lowest BCUT2D eigenvalue weighted by molar-refractivity contribution is 0.186. The monoisotopic (exact) mass is 347 g/mol. The van der Waals surface area contributed by atoms with Gasteiger partial charge in [0.2, 0.25) is 0 Å². The zero-order valence-electron chi connectivity index (χ0n) is 15.7. The highest BCUT2D eigenvalue weighted by Gasteiger charge is 2.44. The van der Waals surface area contributed by atoms with E-state index in [-0.39, 0.29) is 11.4 Å². The van der Waals surface area contributed by atoms with Crippen LogP contribution in [0.2, 0.25) is 0 Å². The van der Waals surface area contributed by atoms with Crippen molar-refractivity contribution in [3.05, 3.63) is 59.2 Å². The van der Waals surface area contributed by atoms with Gasteiger partial charge in [0.05, 0.1) is 5.69 Å². The molecule has 2 aromatic rings. The fourth-order valence-corrected chi connectivity index (χ4v) is 4.25. The first-order valence-corrected chi connectivity index (χ1v) is 9.28. The number of nitrogens with one attached hydrogen (secondary N) is 1. The molecule has 0 unspecified atom stereocenters. The van der Waals surface area contributed by atoms with Crippen molar-refractivity contribution >= 4 is 23.1 Å². The van der Waals surface area contributed by atoms with Gasteiger partial charge in [0.15, 0.2) is 0 Å². The summed E-state index contributed by atoms with van der Waals surface area (Å²) < 4.78 is 0. The molecule has 0 bridgehead atoms. The molecule has 0 saturated carbocycles. The number of rotatable bonds is 1. The first-order valence-electron chi connectivity index (χ1n) is 9.28. The van der Waals surface area contributed by atoms with Gasteiger partial charge < -0.3 is 10.2 Å². The Morgan fingerprint density at radius 1 is 1.08 bits per heavy atom. The number of urea groups is 1. The van der Waals surface area contributed by atoms with E-state index < -0.39 is 0 Å². The summed E-state index contributed by atoms with van der Waals surface area (Å²) in [4.78, 5) is 19.5. The third kappa shape index (κ3) is 2.70. The Morgan fingerprint density at radius 3 is 2.58 bits per heavy atom. The van der Waals surface area contributed by atoms with Crippen molar-refractivity contribution in [1.82, 2.24) is 4.90 Å². The Hall–Kier alpha value is -2.62. The second-order valence-corrected chi connectivity index (χ2v) is 7.53. The second-order valence-electron chi connectivity index (χ2n) is 7.53. The van der Waals surface area contributed by atoms with Gasteiger partial charge in [0.25, 0.3) is 0 Å². The summed E-state index contributed by atoms with van der Waals surface area (Å²) in [5.41, 5.74) is 6.76. The van der Waals surface area contributed by atoms with Crippen LogP contribution >= 0.6 is 0 Å². The molecule has 1 saturated heterocycles. The van der Waals surface area contributed by atoms with E-state index in [0.717, 1.165) is 48.4 Å². The van der Waals surface area contributed by atoms with Gasteiger partial charge >= 0.3 is 6.03 Å². The fourth-order valence-electron chi connectivity index (χ4n) is 4.25. The van der Waals surface area contributed by atoms with E-state index in [9.17, 15) is 4.79 Å². The van der Waals surface area contributed by atoms with Crippen molar-refractivity contribution in [2.75, 3.05) is 18.4 Å². The molecule has 0 radical (unpaired) electrons. The molecule has 2 amide bonds. The number of hydrogen-bond acceptors (Lipinski definition) is 2. The van der Waals surface area contributed by atoms with Crippen LogP contribution in [-0.2, 0) is 5.41 Å². The molecule has 2 aliphatic rings. The third-order valence-corrected chi connectivity index (χ3v) is 5.94. The fraction of sp³-hybridized carbons (Fsp3) is 0.364. The van der Waals surface area contributed by atoms with E-state index in [1.54, 1.807) is 0 Å². The van der Waals surface area contributed by atoms with Crippen molar-refractivity contribution in [2.45, 2.75) is 39.0 Å². The summed E-state index contributed by atoms with van der Waals surface area (Å²) in [5, 5.41) is 3.09. The molecule has 4 nitrogen and oxygen atoms in total. The minimum Gasteiger partial charge on any atom is -0.324 e. The first-order chi connectivity index (χ1) is 12.5. The molecule has 134 valence electrons. The lowest BCUT2D eigenvalue weighted by Gasteiger charge is -2.40. The second kappa shape index (κ2) is 6.27. The van der Waals surface area contributed by atoms with Crippen molar-refractivity contribution < 1.29 is 4.79 Å². The largest absolute Gasteiger partial charge is 0.324 e. The Morgan fingerprint density at radius 2 is 1.81 bits per heavy atom. The van der Waals surface area contributed by atoms with Crippen LogP contribution in [0.4, 0.5) is 16.2 Å². The molecule has 4 rings (SSSR count). The molecular formula is C22H25N3O. The van der Waals surface area contributed by atoms with E-state index in [1.807, 2.05) is 36.9 Å². The minimum atomic E-state index is -0.00516. The standard InChI is InChI=1S/C22H25N3O/c1-15-8-9-16(2)20(14-15)24-21(26)25-12-10-22(11-13-25)17(3)23-19-7-5-4-6-18(19)22/h4-9,14H,10-13H2,1-3H3,(H,24,26). The van der Waals surface area contributed by atoms with E-state index in [0.29, 0.717) is 0 Å². The van der Waals surface area contributed by atoms with Gasteiger partial charge in [-0.25, -0.2) is 4.79 Å². The number of amides is 2. The Balaban J connectivity index is 1.48. The highest BCUT2D eigenvalue weighted by molar-refractivity contribution is 6.00. The summed E-state index contributed by atoms with van der Waals surface area (Å²) in [5.74, 6) is 0. The topological polar surface area (TPSA) is 44.7 Å². The molecule has 1 N–H and O–H groups in total. The maximum Gasteiger partial charge on any atom is 0.321 e. The van der Waals surface area contributed by atoms with Crippen molar-refractivity contribution in [3.8, 4) is 0 Å². The SMILES string of the molecule is CC1=Nc2ccccc2C12CCN(C(=O)Nc1cc(C)ccc1C)CC2. The summed E-state index contributed by atoms with van der Waals surface area (Å²) in [7, 11) is 0. The lowest BCUT2D eigenvalue weighted by atomic mass is 9.71. The number of aliphatic imine (C=N–C) groups is 1. The summed E-state index contributed by atoms with van der Waals surface area (Å²) >= 11 is 0. The summed E-state index contributed by atoms with van der Waals surface area (Å²) in [6.07, 6.45) is 1.86. The number of aryl methyl sites for hydroxylation is 2. The number of likely N-dealkylation sites (tertiary alicyclic amines) is 1. The van der Waals surface area contributed by atoms with Crippen LogP contribution in [0.3, 0.4) is 0 Å². The van der Waals surface area contributed by atoms with Crippen LogP contribution in [0, 0.1) is 13.8 Å². The highest BCUT2D eigenvalue weighted by atomic mass is 16.2. The Kier molecular flexibility index (Phi) is 4.06. The number of nitrogens with zero attached hydrogens (tertiary/aromatic N) is 2. The van der Waals surface area contributed by atoms with Crippen LogP contribution in [0.25, 0.3) is 0 Å². The van der Waals surface area contributed by atoms with Crippen LogP contribution in [0.5, 0.6) is 0 Å². The molecule has 0 aromatic heterocycles. The van der Waals surface area contributed by atoms with E-state index >= 15 is 0 Å². The van der Waals surface area contributed by atoms with Gasteiger partial charge in [-0.2, -0.15) is 0 Å². The number of anilines is 1. The lowest BCUT2D eigenvalue weighted by Crippen LogP contribution is -2.48. The molecule has 2 aliphatic heterocycles. The number of fused-ring (bicyclic) bond motifs is 2. The van der Waals surface area contributed by atoms with Crippen LogP contribution in [0.1, 0.15) is 36.5 Å². The predicted octanol–water partition coefficient (Wildman–Crippen LogP) is 4.98. The highest BCUT2D eigenvalue weighted by Crippen LogP contribution is 2.46. The number of hydrogen-bond donors (Lipinski definition) is 1.